The minimum atomic E-state index is -0.401. The van der Waals surface area contributed by atoms with Gasteiger partial charge in [-0.3, -0.25) is 4.79 Å². The summed E-state index contributed by atoms with van der Waals surface area (Å²) >= 11 is 16.0. The van der Waals surface area contributed by atoms with Crippen molar-refractivity contribution < 1.29 is 13.9 Å². The van der Waals surface area contributed by atoms with Crippen LogP contribution in [0.15, 0.2) is 71.5 Å². The zero-order chi connectivity index (χ0) is 20.1. The Balaban J connectivity index is 1.54. The third-order valence-corrected chi connectivity index (χ3v) is 5.34. The molecule has 0 fully saturated rings. The topological polar surface area (TPSA) is 63.8 Å². The number of halogens is 4. The van der Waals surface area contributed by atoms with Crippen LogP contribution in [-0.4, -0.2) is 18.7 Å². The van der Waals surface area contributed by atoms with E-state index in [1.165, 1.54) is 6.21 Å². The van der Waals surface area contributed by atoms with Crippen molar-refractivity contribution in [2.75, 3.05) is 6.61 Å². The molecule has 0 saturated carbocycles. The fraction of sp³-hybridized carbons (Fsp3) is 0.0526. The van der Waals surface area contributed by atoms with Crippen LogP contribution in [0.5, 0.6) is 5.75 Å². The monoisotopic (exact) mass is 588 g/mol. The number of hydrogen-bond acceptors (Lipinski definition) is 4. The Bertz CT molecular complexity index is 997. The highest BCUT2D eigenvalue weighted by Gasteiger charge is 2.10. The molecule has 0 aliphatic rings. The van der Waals surface area contributed by atoms with E-state index in [4.69, 9.17) is 20.8 Å². The predicted octanol–water partition coefficient (Wildman–Crippen LogP) is 6.42. The van der Waals surface area contributed by atoms with Crippen LogP contribution in [0.4, 0.5) is 0 Å². The van der Waals surface area contributed by atoms with E-state index in [-0.39, 0.29) is 6.61 Å². The molecule has 1 amide bonds. The van der Waals surface area contributed by atoms with Gasteiger partial charge in [-0.15, -0.1) is 0 Å². The fourth-order valence-corrected chi connectivity index (χ4v) is 4.81. The number of ether oxygens (including phenoxy) is 1. The Labute approximate surface area is 191 Å². The van der Waals surface area contributed by atoms with E-state index in [0.29, 0.717) is 22.3 Å². The summed E-state index contributed by atoms with van der Waals surface area (Å²) in [5.74, 6) is 1.31. The van der Waals surface area contributed by atoms with Gasteiger partial charge in [-0.1, -0.05) is 27.5 Å². The lowest BCUT2D eigenvalue weighted by molar-refractivity contribution is -0.123. The number of hydrazone groups is 1. The second-order valence-electron chi connectivity index (χ2n) is 5.49. The highest BCUT2D eigenvalue weighted by atomic mass is 79.9. The molecule has 1 N–H and O–H groups in total. The number of rotatable bonds is 6. The van der Waals surface area contributed by atoms with Gasteiger partial charge >= 0.3 is 0 Å². The maximum Gasteiger partial charge on any atom is 0.277 e. The molecule has 5 nitrogen and oxygen atoms in total. The predicted molar refractivity (Wildman–Crippen MR) is 120 cm³/mol. The lowest BCUT2D eigenvalue weighted by Crippen LogP contribution is -2.24. The average molecular weight is 591 g/mol. The smallest absolute Gasteiger partial charge is 0.277 e. The van der Waals surface area contributed by atoms with Crippen LogP contribution in [0.2, 0.25) is 5.02 Å². The van der Waals surface area contributed by atoms with Gasteiger partial charge in [0.25, 0.3) is 5.91 Å². The van der Waals surface area contributed by atoms with Crippen LogP contribution in [0.1, 0.15) is 5.76 Å². The second kappa shape index (κ2) is 9.73. The van der Waals surface area contributed by atoms with Crippen LogP contribution in [0, 0.1) is 0 Å². The van der Waals surface area contributed by atoms with Crippen molar-refractivity contribution in [1.29, 1.82) is 0 Å². The minimum absolute atomic E-state index is 0.190. The van der Waals surface area contributed by atoms with Gasteiger partial charge in [0, 0.05) is 15.1 Å². The molecule has 9 heteroatoms. The minimum Gasteiger partial charge on any atom is -0.481 e. The summed E-state index contributed by atoms with van der Waals surface area (Å²) in [6, 6.07) is 14.5. The second-order valence-corrected chi connectivity index (χ2v) is 8.55. The van der Waals surface area contributed by atoms with Gasteiger partial charge < -0.3 is 9.15 Å². The van der Waals surface area contributed by atoms with Crippen molar-refractivity contribution in [3.8, 4) is 17.1 Å². The first-order valence-corrected chi connectivity index (χ1v) is 10.6. The quantitative estimate of drug-likeness (QED) is 0.266. The van der Waals surface area contributed by atoms with E-state index in [2.05, 4.69) is 58.3 Å². The largest absolute Gasteiger partial charge is 0.481 e. The highest BCUT2D eigenvalue weighted by Crippen LogP contribution is 2.36. The fourth-order valence-electron chi connectivity index (χ4n) is 2.20. The third-order valence-electron chi connectivity index (χ3n) is 3.45. The van der Waals surface area contributed by atoms with Gasteiger partial charge in [-0.25, -0.2) is 5.43 Å². The number of nitrogens with one attached hydrogen (secondary N) is 1. The molecule has 28 heavy (non-hydrogen) atoms. The molecule has 0 aliphatic carbocycles. The molecule has 1 heterocycles. The molecule has 0 spiro atoms. The molecular formula is C19H12Br3ClN2O3. The number of benzene rings is 2. The van der Waals surface area contributed by atoms with Crippen molar-refractivity contribution in [1.82, 2.24) is 5.43 Å². The summed E-state index contributed by atoms with van der Waals surface area (Å²) in [4.78, 5) is 11.9. The molecule has 3 rings (SSSR count). The molecule has 0 bridgehead atoms. The first-order valence-electron chi connectivity index (χ1n) is 7.87. The molecule has 0 atom stereocenters. The van der Waals surface area contributed by atoms with E-state index >= 15 is 0 Å². The zero-order valence-electron chi connectivity index (χ0n) is 14.1. The molecule has 0 saturated heterocycles. The Morgan fingerprint density at radius 1 is 1.11 bits per heavy atom. The molecule has 2 aromatic carbocycles. The first kappa shape index (κ1) is 21.1. The van der Waals surface area contributed by atoms with Crippen molar-refractivity contribution in [3.63, 3.8) is 0 Å². The van der Waals surface area contributed by atoms with Gasteiger partial charge in [0.2, 0.25) is 0 Å². The van der Waals surface area contributed by atoms with Crippen molar-refractivity contribution in [2.24, 2.45) is 5.10 Å². The van der Waals surface area contributed by atoms with E-state index in [1.54, 1.807) is 18.2 Å². The van der Waals surface area contributed by atoms with Gasteiger partial charge in [-0.2, -0.15) is 5.10 Å². The van der Waals surface area contributed by atoms with Crippen LogP contribution in [-0.2, 0) is 4.79 Å². The van der Waals surface area contributed by atoms with Crippen LogP contribution in [0.3, 0.4) is 0 Å². The van der Waals surface area contributed by atoms with E-state index in [9.17, 15) is 4.79 Å². The molecule has 0 unspecified atom stereocenters. The molecular weight excluding hydrogens is 579 g/mol. The van der Waals surface area contributed by atoms with Gasteiger partial charge in [0.15, 0.2) is 6.61 Å². The van der Waals surface area contributed by atoms with Crippen LogP contribution in [0.25, 0.3) is 11.3 Å². The summed E-state index contributed by atoms with van der Waals surface area (Å²) in [5, 5.41) is 4.54. The summed E-state index contributed by atoms with van der Waals surface area (Å²) in [5.41, 5.74) is 3.29. The van der Waals surface area contributed by atoms with E-state index in [1.807, 2.05) is 30.3 Å². The number of carbonyl (C=O) groups excluding carboxylic acids is 1. The van der Waals surface area contributed by atoms with E-state index < -0.39 is 5.91 Å². The van der Waals surface area contributed by atoms with Gasteiger partial charge in [0.05, 0.1) is 15.2 Å². The number of nitrogens with zero attached hydrogens (tertiary/aromatic N) is 1. The summed E-state index contributed by atoms with van der Waals surface area (Å²) in [7, 11) is 0. The third kappa shape index (κ3) is 5.70. The summed E-state index contributed by atoms with van der Waals surface area (Å²) < 4.78 is 13.5. The Hall–Kier alpha value is -1.61. The normalized spacial score (nSPS) is 11.0. The summed E-state index contributed by atoms with van der Waals surface area (Å²) in [6.45, 7) is -0.190. The Kier molecular flexibility index (Phi) is 7.34. The van der Waals surface area contributed by atoms with Gasteiger partial charge in [-0.05, 0) is 80.4 Å². The zero-order valence-corrected chi connectivity index (χ0v) is 19.6. The summed E-state index contributed by atoms with van der Waals surface area (Å²) in [6.07, 6.45) is 1.42. The number of hydrogen-bond donors (Lipinski definition) is 1. The van der Waals surface area contributed by atoms with Crippen molar-refractivity contribution >= 4 is 71.5 Å². The standard InChI is InChI=1S/C19H12Br3ClN2O3/c20-12-7-15(21)19(16(22)8-12)27-10-18(26)25-24-9-14-5-6-17(28-14)11-1-3-13(23)4-2-11/h1-9H,10H2,(H,25,26). The molecule has 0 aliphatic heterocycles. The highest BCUT2D eigenvalue weighted by molar-refractivity contribution is 9.11. The lowest BCUT2D eigenvalue weighted by Gasteiger charge is -2.09. The SMILES string of the molecule is O=C(COc1c(Br)cc(Br)cc1Br)NN=Cc1ccc(-c2ccc(Cl)cc2)o1. The van der Waals surface area contributed by atoms with Crippen LogP contribution >= 0.6 is 59.4 Å². The molecule has 3 aromatic rings. The molecule has 144 valence electrons. The molecule has 0 radical (unpaired) electrons. The molecule has 1 aromatic heterocycles. The van der Waals surface area contributed by atoms with Gasteiger partial charge in [0.1, 0.15) is 17.3 Å². The number of furan rings is 1. The average Bonchev–Trinajstić information content (AvgIpc) is 3.10. The Morgan fingerprint density at radius 2 is 1.79 bits per heavy atom. The van der Waals surface area contributed by atoms with Crippen LogP contribution < -0.4 is 10.2 Å². The maximum atomic E-state index is 11.9. The lowest BCUT2D eigenvalue weighted by atomic mass is 10.2. The first-order chi connectivity index (χ1) is 13.4. The Morgan fingerprint density at radius 3 is 2.46 bits per heavy atom. The number of amides is 1. The van der Waals surface area contributed by atoms with Crippen molar-refractivity contribution in [3.05, 3.63) is 72.7 Å². The van der Waals surface area contributed by atoms with E-state index in [0.717, 1.165) is 19.0 Å². The maximum absolute atomic E-state index is 11.9. The number of carbonyl (C=O) groups is 1. The van der Waals surface area contributed by atoms with Crippen molar-refractivity contribution in [2.45, 2.75) is 0 Å².